The smallest absolute Gasteiger partial charge is 0.246 e. The molecular weight excluding hydrogens is 358 g/mol. The number of rotatable bonds is 8. The molecule has 28 heavy (non-hydrogen) atoms. The monoisotopic (exact) mass is 385 g/mol. The summed E-state index contributed by atoms with van der Waals surface area (Å²) in [6, 6.07) is 9.26. The summed E-state index contributed by atoms with van der Waals surface area (Å²) in [5.41, 5.74) is 2.84. The maximum absolute atomic E-state index is 12.5. The molecule has 2 aromatic carbocycles. The average molecular weight is 385 g/mol. The first-order valence-corrected chi connectivity index (χ1v) is 8.79. The molecule has 0 aromatic heterocycles. The van der Waals surface area contributed by atoms with Crippen molar-refractivity contribution in [2.24, 2.45) is 0 Å². The molecule has 0 heterocycles. The van der Waals surface area contributed by atoms with Crippen molar-refractivity contribution < 1.29 is 23.7 Å². The van der Waals surface area contributed by atoms with Crippen molar-refractivity contribution >= 4 is 12.0 Å². The molecule has 0 radical (unpaired) electrons. The molecule has 150 valence electrons. The first-order chi connectivity index (χ1) is 13.4. The van der Waals surface area contributed by atoms with Gasteiger partial charge in [0.05, 0.1) is 28.4 Å². The number of nitrogens with zero attached hydrogens (tertiary/aromatic N) is 1. The lowest BCUT2D eigenvalue weighted by atomic mass is 10.1. The van der Waals surface area contributed by atoms with E-state index in [9.17, 15) is 4.79 Å². The minimum absolute atomic E-state index is 0.115. The number of benzene rings is 2. The van der Waals surface area contributed by atoms with Crippen LogP contribution in [0.2, 0.25) is 0 Å². The van der Waals surface area contributed by atoms with Crippen LogP contribution < -0.4 is 18.9 Å². The molecule has 6 nitrogen and oxygen atoms in total. The summed E-state index contributed by atoms with van der Waals surface area (Å²) in [6.07, 6.45) is 3.27. The van der Waals surface area contributed by atoms with Crippen molar-refractivity contribution in [3.63, 3.8) is 0 Å². The van der Waals surface area contributed by atoms with Gasteiger partial charge in [0.15, 0.2) is 11.5 Å². The fourth-order valence-electron chi connectivity index (χ4n) is 2.75. The molecule has 0 fully saturated rings. The Hall–Kier alpha value is -3.15. The second-order valence-corrected chi connectivity index (χ2v) is 6.31. The molecule has 0 spiro atoms. The van der Waals surface area contributed by atoms with Crippen molar-refractivity contribution in [3.8, 4) is 23.0 Å². The Labute approximate surface area is 166 Å². The van der Waals surface area contributed by atoms with Gasteiger partial charge in [-0.05, 0) is 54.0 Å². The highest BCUT2D eigenvalue weighted by Gasteiger charge is 2.12. The van der Waals surface area contributed by atoms with Crippen molar-refractivity contribution in [2.75, 3.05) is 35.5 Å². The van der Waals surface area contributed by atoms with Gasteiger partial charge in [0.25, 0.3) is 0 Å². The lowest BCUT2D eigenvalue weighted by molar-refractivity contribution is -0.125. The van der Waals surface area contributed by atoms with Gasteiger partial charge >= 0.3 is 0 Å². The van der Waals surface area contributed by atoms with Crippen molar-refractivity contribution in [2.45, 2.75) is 13.5 Å². The summed E-state index contributed by atoms with van der Waals surface area (Å²) in [5.74, 6) is 2.53. The third-order valence-corrected chi connectivity index (χ3v) is 4.42. The number of carbonyl (C=O) groups excluding carboxylic acids is 1. The Morgan fingerprint density at radius 1 is 0.893 bits per heavy atom. The van der Waals surface area contributed by atoms with Crippen molar-refractivity contribution in [3.05, 3.63) is 53.1 Å². The molecule has 0 N–H and O–H groups in total. The lowest BCUT2D eigenvalue weighted by Gasteiger charge is -2.18. The van der Waals surface area contributed by atoms with E-state index in [0.29, 0.717) is 29.5 Å². The van der Waals surface area contributed by atoms with E-state index in [1.807, 2.05) is 31.2 Å². The summed E-state index contributed by atoms with van der Waals surface area (Å²) in [7, 11) is 8.14. The second-order valence-electron chi connectivity index (χ2n) is 6.31. The molecule has 0 aliphatic rings. The zero-order valence-electron chi connectivity index (χ0n) is 17.2. The summed E-state index contributed by atoms with van der Waals surface area (Å²) in [6.45, 7) is 2.44. The van der Waals surface area contributed by atoms with E-state index in [-0.39, 0.29) is 5.91 Å². The van der Waals surface area contributed by atoms with E-state index in [2.05, 4.69) is 0 Å². The number of aryl methyl sites for hydroxylation is 1. The lowest BCUT2D eigenvalue weighted by Crippen LogP contribution is -2.24. The predicted octanol–water partition coefficient (Wildman–Crippen LogP) is 3.70. The normalized spacial score (nSPS) is 10.6. The first kappa shape index (κ1) is 21.2. The Bertz CT molecular complexity index is 838. The van der Waals surface area contributed by atoms with Gasteiger partial charge in [0.1, 0.15) is 11.5 Å². The van der Waals surface area contributed by atoms with Gasteiger partial charge in [-0.15, -0.1) is 0 Å². The number of methoxy groups -OCH3 is 4. The van der Waals surface area contributed by atoms with Gasteiger partial charge in [-0.3, -0.25) is 4.79 Å². The molecule has 0 unspecified atom stereocenters. The van der Waals surface area contributed by atoms with Gasteiger partial charge < -0.3 is 23.8 Å². The topological polar surface area (TPSA) is 57.2 Å². The fourth-order valence-corrected chi connectivity index (χ4v) is 2.75. The minimum atomic E-state index is -0.115. The van der Waals surface area contributed by atoms with Crippen LogP contribution in [-0.4, -0.2) is 46.3 Å². The van der Waals surface area contributed by atoms with Crippen LogP contribution >= 0.6 is 0 Å². The van der Waals surface area contributed by atoms with Crippen molar-refractivity contribution in [1.29, 1.82) is 0 Å². The highest BCUT2D eigenvalue weighted by Crippen LogP contribution is 2.30. The number of carbonyl (C=O) groups is 1. The third-order valence-electron chi connectivity index (χ3n) is 4.42. The van der Waals surface area contributed by atoms with E-state index < -0.39 is 0 Å². The minimum Gasteiger partial charge on any atom is -0.497 e. The summed E-state index contributed by atoms with van der Waals surface area (Å²) >= 11 is 0. The highest BCUT2D eigenvalue weighted by molar-refractivity contribution is 5.91. The molecule has 0 atom stereocenters. The molecule has 6 heteroatoms. The van der Waals surface area contributed by atoms with Crippen LogP contribution in [0, 0.1) is 6.92 Å². The van der Waals surface area contributed by atoms with Gasteiger partial charge in [-0.1, -0.05) is 0 Å². The Kier molecular flexibility index (Phi) is 7.32. The van der Waals surface area contributed by atoms with Gasteiger partial charge in [-0.25, -0.2) is 0 Å². The molecule has 2 rings (SSSR count). The van der Waals surface area contributed by atoms with E-state index in [1.54, 1.807) is 52.5 Å². The highest BCUT2D eigenvalue weighted by atomic mass is 16.5. The summed E-state index contributed by atoms with van der Waals surface area (Å²) < 4.78 is 21.2. The van der Waals surface area contributed by atoms with Crippen LogP contribution in [0.5, 0.6) is 23.0 Å². The number of ether oxygens (including phenoxy) is 4. The standard InChI is InChI=1S/C22H27NO5/c1-15-9-20(27-5)21(28-6)12-17(15)14-23(2)22(24)8-7-16-10-18(25-3)13-19(11-16)26-4/h7-13H,14H2,1-6H3/b8-7+. The quantitative estimate of drug-likeness (QED) is 0.649. The Balaban J connectivity index is 2.14. The zero-order valence-corrected chi connectivity index (χ0v) is 17.2. The van der Waals surface area contributed by atoms with Crippen LogP contribution in [0.3, 0.4) is 0 Å². The largest absolute Gasteiger partial charge is 0.497 e. The summed E-state index contributed by atoms with van der Waals surface area (Å²) in [5, 5.41) is 0. The van der Waals surface area contributed by atoms with Crippen LogP contribution in [-0.2, 0) is 11.3 Å². The molecular formula is C22H27NO5. The predicted molar refractivity (Wildman–Crippen MR) is 109 cm³/mol. The summed E-state index contributed by atoms with van der Waals surface area (Å²) in [4.78, 5) is 14.2. The Morgan fingerprint density at radius 3 is 2.00 bits per heavy atom. The van der Waals surface area contributed by atoms with E-state index in [4.69, 9.17) is 18.9 Å². The Morgan fingerprint density at radius 2 is 1.46 bits per heavy atom. The molecule has 0 aliphatic carbocycles. The molecule has 0 saturated heterocycles. The fraction of sp³-hybridized carbons (Fsp3) is 0.318. The van der Waals surface area contributed by atoms with Crippen LogP contribution in [0.1, 0.15) is 16.7 Å². The van der Waals surface area contributed by atoms with Gasteiger partial charge in [0, 0.05) is 25.7 Å². The van der Waals surface area contributed by atoms with Gasteiger partial charge in [0.2, 0.25) is 5.91 Å². The first-order valence-electron chi connectivity index (χ1n) is 8.79. The number of hydrogen-bond acceptors (Lipinski definition) is 5. The zero-order chi connectivity index (χ0) is 20.7. The SMILES string of the molecule is COc1cc(/C=C/C(=O)N(C)Cc2cc(OC)c(OC)cc2C)cc(OC)c1. The average Bonchev–Trinajstić information content (AvgIpc) is 2.72. The molecule has 0 saturated carbocycles. The van der Waals surface area contributed by atoms with Crippen molar-refractivity contribution in [1.82, 2.24) is 4.90 Å². The maximum atomic E-state index is 12.5. The molecule has 2 aromatic rings. The van der Waals surface area contributed by atoms with Gasteiger partial charge in [-0.2, -0.15) is 0 Å². The molecule has 0 bridgehead atoms. The number of amides is 1. The third kappa shape index (κ3) is 5.19. The van der Waals surface area contributed by atoms with E-state index in [1.165, 1.54) is 6.08 Å². The molecule has 0 aliphatic heterocycles. The molecule has 1 amide bonds. The number of hydrogen-bond donors (Lipinski definition) is 0. The maximum Gasteiger partial charge on any atom is 0.246 e. The number of likely N-dealkylation sites (N-methyl/N-ethyl adjacent to an activating group) is 1. The van der Waals surface area contributed by atoms with Crippen LogP contribution in [0.25, 0.3) is 6.08 Å². The van der Waals surface area contributed by atoms with Crippen LogP contribution in [0.4, 0.5) is 0 Å². The van der Waals surface area contributed by atoms with Crippen LogP contribution in [0.15, 0.2) is 36.4 Å². The van der Waals surface area contributed by atoms with E-state index in [0.717, 1.165) is 16.7 Å². The second kappa shape index (κ2) is 9.69. The van der Waals surface area contributed by atoms with E-state index >= 15 is 0 Å².